The average Bonchev–Trinajstić information content (AvgIpc) is 2.09. The van der Waals surface area contributed by atoms with E-state index in [1.165, 1.54) is 11.1 Å². The molecule has 72 valence electrons. The van der Waals surface area contributed by atoms with E-state index in [2.05, 4.69) is 32.5 Å². The van der Waals surface area contributed by atoms with Crippen LogP contribution >= 0.6 is 0 Å². The van der Waals surface area contributed by atoms with Crippen LogP contribution in [-0.2, 0) is 0 Å². The fourth-order valence-corrected chi connectivity index (χ4v) is 2.03. The molecule has 0 radical (unpaired) electrons. The zero-order chi connectivity index (χ0) is 10.1. The van der Waals surface area contributed by atoms with E-state index in [0.717, 1.165) is 19.3 Å². The molecule has 1 unspecified atom stereocenters. The van der Waals surface area contributed by atoms with E-state index in [1.54, 1.807) is 0 Å². The summed E-state index contributed by atoms with van der Waals surface area (Å²) in [6, 6.07) is 0. The number of rotatable bonds is 1. The third-order valence-corrected chi connectivity index (χ3v) is 3.53. The van der Waals surface area contributed by atoms with Gasteiger partial charge in [-0.3, -0.25) is 0 Å². The largest absolute Gasteiger partial charge is 0.310 e. The minimum atomic E-state index is -0.0937. The molecule has 13 heavy (non-hydrogen) atoms. The molecule has 0 N–H and O–H groups in total. The Bertz CT molecular complexity index is 267. The monoisotopic (exact) mass is 177 g/mol. The van der Waals surface area contributed by atoms with Gasteiger partial charge in [0.25, 0.3) is 0 Å². The van der Waals surface area contributed by atoms with Gasteiger partial charge in [0.2, 0.25) is 5.54 Å². The first-order chi connectivity index (χ1) is 6.02. The molecule has 0 spiro atoms. The van der Waals surface area contributed by atoms with E-state index in [-0.39, 0.29) is 5.54 Å². The van der Waals surface area contributed by atoms with Crippen LogP contribution in [0.3, 0.4) is 0 Å². The van der Waals surface area contributed by atoms with E-state index in [1.807, 2.05) is 0 Å². The molecule has 1 aliphatic carbocycles. The Morgan fingerprint density at radius 2 is 1.92 bits per heavy atom. The summed E-state index contributed by atoms with van der Waals surface area (Å²) in [6.07, 6.45) is 3.16. The van der Waals surface area contributed by atoms with Crippen molar-refractivity contribution in [2.75, 3.05) is 0 Å². The second-order valence-electron chi connectivity index (χ2n) is 4.61. The van der Waals surface area contributed by atoms with E-state index >= 15 is 0 Å². The lowest BCUT2D eigenvalue weighted by atomic mass is 9.73. The van der Waals surface area contributed by atoms with Crippen molar-refractivity contribution >= 4 is 0 Å². The molecule has 1 nitrogen and oxygen atoms in total. The molecule has 0 aliphatic heterocycles. The summed E-state index contributed by atoms with van der Waals surface area (Å²) >= 11 is 0. The highest BCUT2D eigenvalue weighted by atomic mass is 14.8. The standard InChI is InChI=1S/C12H19N/c1-9(2)12(13-5)7-6-10(3)11(4)8-12/h9H,6-8H2,1-4H3. The number of nitrogens with zero attached hydrogens (tertiary/aromatic N) is 1. The maximum absolute atomic E-state index is 7.33. The van der Waals surface area contributed by atoms with Gasteiger partial charge in [-0.05, 0) is 20.3 Å². The summed E-state index contributed by atoms with van der Waals surface area (Å²) in [5.74, 6) is 0.480. The molecule has 1 atom stereocenters. The SMILES string of the molecule is [C-]#[N+]C1(C(C)C)CCC(C)=C(C)C1. The van der Waals surface area contributed by atoms with Gasteiger partial charge in [0.1, 0.15) is 0 Å². The van der Waals surface area contributed by atoms with Gasteiger partial charge in [-0.1, -0.05) is 25.0 Å². The first-order valence-electron chi connectivity index (χ1n) is 5.05. The van der Waals surface area contributed by atoms with Crippen LogP contribution < -0.4 is 0 Å². The van der Waals surface area contributed by atoms with Crippen LogP contribution in [0.2, 0.25) is 0 Å². The van der Waals surface area contributed by atoms with Gasteiger partial charge in [0, 0.05) is 18.8 Å². The van der Waals surface area contributed by atoms with Gasteiger partial charge < -0.3 is 4.85 Å². The summed E-state index contributed by atoms with van der Waals surface area (Å²) in [5.41, 5.74) is 2.85. The van der Waals surface area contributed by atoms with Crippen LogP contribution in [0.25, 0.3) is 4.85 Å². The molecule has 0 aromatic carbocycles. The third kappa shape index (κ3) is 1.77. The van der Waals surface area contributed by atoms with Gasteiger partial charge in [-0.25, -0.2) is 6.57 Å². The van der Waals surface area contributed by atoms with Gasteiger partial charge >= 0.3 is 0 Å². The van der Waals surface area contributed by atoms with Gasteiger partial charge in [-0.15, -0.1) is 0 Å². The third-order valence-electron chi connectivity index (χ3n) is 3.53. The van der Waals surface area contributed by atoms with Gasteiger partial charge in [0.15, 0.2) is 0 Å². The second-order valence-corrected chi connectivity index (χ2v) is 4.61. The molecule has 0 aromatic heterocycles. The maximum atomic E-state index is 7.33. The van der Waals surface area contributed by atoms with Crippen molar-refractivity contribution < 1.29 is 0 Å². The van der Waals surface area contributed by atoms with Crippen molar-refractivity contribution in [2.45, 2.75) is 52.5 Å². The van der Waals surface area contributed by atoms with Gasteiger partial charge in [0.05, 0.1) is 0 Å². The lowest BCUT2D eigenvalue weighted by molar-refractivity contribution is 0.327. The van der Waals surface area contributed by atoms with Crippen LogP contribution in [-0.4, -0.2) is 5.54 Å². The Balaban J connectivity index is 2.92. The Morgan fingerprint density at radius 3 is 2.31 bits per heavy atom. The minimum Gasteiger partial charge on any atom is -0.310 e. The Labute approximate surface area is 81.7 Å². The summed E-state index contributed by atoms with van der Waals surface area (Å²) in [7, 11) is 0. The summed E-state index contributed by atoms with van der Waals surface area (Å²) in [4.78, 5) is 3.88. The molecule has 1 rings (SSSR count). The lowest BCUT2D eigenvalue weighted by Gasteiger charge is -2.31. The highest BCUT2D eigenvalue weighted by Gasteiger charge is 2.42. The van der Waals surface area contributed by atoms with Crippen molar-refractivity contribution in [1.82, 2.24) is 0 Å². The average molecular weight is 177 g/mol. The zero-order valence-corrected chi connectivity index (χ0v) is 9.15. The normalized spacial score (nSPS) is 29.2. The van der Waals surface area contributed by atoms with Crippen molar-refractivity contribution in [3.63, 3.8) is 0 Å². The quantitative estimate of drug-likeness (QED) is 0.423. The first kappa shape index (κ1) is 10.3. The molecule has 1 heteroatoms. The number of hydrogen-bond acceptors (Lipinski definition) is 0. The fourth-order valence-electron chi connectivity index (χ4n) is 2.03. The highest BCUT2D eigenvalue weighted by molar-refractivity contribution is 5.22. The van der Waals surface area contributed by atoms with Crippen molar-refractivity contribution in [1.29, 1.82) is 0 Å². The van der Waals surface area contributed by atoms with E-state index < -0.39 is 0 Å². The smallest absolute Gasteiger partial charge is 0.238 e. The first-order valence-corrected chi connectivity index (χ1v) is 5.05. The predicted octanol–water partition coefficient (Wildman–Crippen LogP) is 3.82. The lowest BCUT2D eigenvalue weighted by Crippen LogP contribution is -2.34. The van der Waals surface area contributed by atoms with Crippen LogP contribution in [0, 0.1) is 12.5 Å². The highest BCUT2D eigenvalue weighted by Crippen LogP contribution is 2.40. The Morgan fingerprint density at radius 1 is 1.31 bits per heavy atom. The van der Waals surface area contributed by atoms with Crippen LogP contribution in [0.5, 0.6) is 0 Å². The molecular weight excluding hydrogens is 158 g/mol. The molecule has 0 amide bonds. The minimum absolute atomic E-state index is 0.0937. The summed E-state index contributed by atoms with van der Waals surface area (Å²) in [6.45, 7) is 16.1. The van der Waals surface area contributed by atoms with E-state index in [4.69, 9.17) is 6.57 Å². The number of hydrogen-bond donors (Lipinski definition) is 0. The molecule has 0 fully saturated rings. The summed E-state index contributed by atoms with van der Waals surface area (Å²) < 4.78 is 0. The van der Waals surface area contributed by atoms with Crippen LogP contribution in [0.1, 0.15) is 47.0 Å². The molecule has 0 heterocycles. The van der Waals surface area contributed by atoms with Gasteiger partial charge in [-0.2, -0.15) is 0 Å². The molecule has 0 aromatic rings. The summed E-state index contributed by atoms with van der Waals surface area (Å²) in [5, 5.41) is 0. The zero-order valence-electron chi connectivity index (χ0n) is 9.15. The van der Waals surface area contributed by atoms with E-state index in [0.29, 0.717) is 5.92 Å². The van der Waals surface area contributed by atoms with Crippen molar-refractivity contribution in [2.24, 2.45) is 5.92 Å². The molecule has 0 bridgehead atoms. The van der Waals surface area contributed by atoms with Crippen LogP contribution in [0.4, 0.5) is 0 Å². The number of allylic oxidation sites excluding steroid dienone is 1. The second kappa shape index (κ2) is 3.54. The topological polar surface area (TPSA) is 4.36 Å². The maximum Gasteiger partial charge on any atom is 0.238 e. The molecule has 0 saturated carbocycles. The molecule has 1 aliphatic rings. The van der Waals surface area contributed by atoms with E-state index in [9.17, 15) is 0 Å². The predicted molar refractivity (Wildman–Crippen MR) is 56.4 cm³/mol. The Kier molecular flexibility index (Phi) is 2.81. The molecular formula is C12H19N. The van der Waals surface area contributed by atoms with Crippen molar-refractivity contribution in [3.8, 4) is 0 Å². The van der Waals surface area contributed by atoms with Crippen molar-refractivity contribution in [3.05, 3.63) is 22.6 Å². The molecule has 0 saturated heterocycles. The fraction of sp³-hybridized carbons (Fsp3) is 0.750. The van der Waals surface area contributed by atoms with Crippen LogP contribution in [0.15, 0.2) is 11.1 Å². The Hall–Kier alpha value is -0.770.